The highest BCUT2D eigenvalue weighted by molar-refractivity contribution is 6.33. The Morgan fingerprint density at radius 1 is 0.432 bits per heavy atom. The third-order valence-corrected chi connectivity index (χ3v) is 9.03. The lowest BCUT2D eigenvalue weighted by atomic mass is 10.0. The lowest BCUT2D eigenvalue weighted by molar-refractivity contribution is 1.05. The van der Waals surface area contributed by atoms with Crippen LogP contribution in [-0.4, -0.2) is 18.9 Å². The van der Waals surface area contributed by atoms with Crippen molar-refractivity contribution in [2.45, 2.75) is 0 Å². The van der Waals surface area contributed by atoms with Gasteiger partial charge in [0.2, 0.25) is 0 Å². The maximum absolute atomic E-state index is 5.28. The topological polar surface area (TPSA) is 35.1 Å². The summed E-state index contributed by atoms with van der Waals surface area (Å²) in [6.07, 6.45) is 0. The largest absolute Gasteiger partial charge is 0.306 e. The van der Waals surface area contributed by atoms with Gasteiger partial charge in [-0.2, -0.15) is 0 Å². The average Bonchev–Trinajstić information content (AvgIpc) is 3.73. The summed E-state index contributed by atoms with van der Waals surface area (Å²) in [6.45, 7) is 0. The Bertz CT molecular complexity index is 2640. The van der Waals surface area contributed by atoms with Crippen LogP contribution in [0.5, 0.6) is 0 Å². The molecule has 4 heteroatoms. The van der Waals surface area contributed by atoms with Crippen molar-refractivity contribution in [3.8, 4) is 28.5 Å². The van der Waals surface area contributed by atoms with E-state index in [0.29, 0.717) is 5.82 Å². The van der Waals surface area contributed by atoms with Crippen LogP contribution in [0.15, 0.2) is 146 Å². The van der Waals surface area contributed by atoms with E-state index in [4.69, 9.17) is 9.97 Å². The van der Waals surface area contributed by atoms with E-state index in [-0.39, 0.29) is 0 Å². The van der Waals surface area contributed by atoms with Gasteiger partial charge in [-0.25, -0.2) is 9.97 Å². The molecule has 0 saturated carbocycles. The predicted octanol–water partition coefficient (Wildman–Crippen LogP) is 10.1. The molecule has 0 saturated heterocycles. The number of fused-ring (bicyclic) bond motifs is 10. The minimum absolute atomic E-state index is 0.709. The summed E-state index contributed by atoms with van der Waals surface area (Å²) in [7, 11) is 0. The number of para-hydroxylation sites is 2. The van der Waals surface area contributed by atoms with Crippen LogP contribution in [0, 0.1) is 0 Å². The predicted molar refractivity (Wildman–Crippen MR) is 182 cm³/mol. The second-order valence-electron chi connectivity index (χ2n) is 11.4. The van der Waals surface area contributed by atoms with Crippen molar-refractivity contribution < 1.29 is 0 Å². The van der Waals surface area contributed by atoms with Crippen molar-refractivity contribution in [1.82, 2.24) is 18.9 Å². The lowest BCUT2D eigenvalue weighted by Crippen LogP contribution is -2.02. The Hall–Kier alpha value is -6.00. The highest BCUT2D eigenvalue weighted by atomic mass is 15.1. The van der Waals surface area contributed by atoms with Crippen molar-refractivity contribution in [3.05, 3.63) is 146 Å². The van der Waals surface area contributed by atoms with Gasteiger partial charge in [0.15, 0.2) is 5.82 Å². The molecule has 0 atom stereocenters. The standard InChI is InChI=1S/C40H24N4/c1-3-13-25(14-4-1)32-24-35(42-40(41-32)26-15-5-2-6-16-26)43-34-22-12-10-20-30(34)38-39(43)31-23-27-17-7-8-18-28(27)36-29-19-9-11-21-33(29)44(38)37(31)36/h1-24H. The van der Waals surface area contributed by atoms with Crippen LogP contribution in [0.25, 0.3) is 88.4 Å². The first-order valence-electron chi connectivity index (χ1n) is 14.9. The monoisotopic (exact) mass is 560 g/mol. The van der Waals surface area contributed by atoms with E-state index in [1.54, 1.807) is 0 Å². The maximum atomic E-state index is 5.28. The Labute approximate surface area is 252 Å². The first-order chi connectivity index (χ1) is 21.8. The van der Waals surface area contributed by atoms with Gasteiger partial charge in [0.05, 0.1) is 33.3 Å². The van der Waals surface area contributed by atoms with E-state index in [0.717, 1.165) is 28.2 Å². The second kappa shape index (κ2) is 8.76. The van der Waals surface area contributed by atoms with Gasteiger partial charge in [0, 0.05) is 38.7 Å². The van der Waals surface area contributed by atoms with Gasteiger partial charge in [0.1, 0.15) is 5.82 Å². The maximum Gasteiger partial charge on any atom is 0.162 e. The molecule has 204 valence electrons. The minimum Gasteiger partial charge on any atom is -0.306 e. The summed E-state index contributed by atoms with van der Waals surface area (Å²) in [5, 5.41) is 7.52. The van der Waals surface area contributed by atoms with E-state index in [1.807, 2.05) is 24.3 Å². The fraction of sp³-hybridized carbons (Fsp3) is 0. The molecule has 10 rings (SSSR count). The molecule has 44 heavy (non-hydrogen) atoms. The summed E-state index contributed by atoms with van der Waals surface area (Å²) in [5.74, 6) is 1.56. The normalized spacial score (nSPS) is 12.1. The molecule has 10 aromatic rings. The molecule has 0 unspecified atom stereocenters. The van der Waals surface area contributed by atoms with Gasteiger partial charge in [-0.15, -0.1) is 0 Å². The van der Waals surface area contributed by atoms with Gasteiger partial charge in [-0.05, 0) is 29.0 Å². The van der Waals surface area contributed by atoms with Crippen molar-refractivity contribution in [2.24, 2.45) is 0 Å². The zero-order valence-electron chi connectivity index (χ0n) is 23.6. The fourth-order valence-corrected chi connectivity index (χ4v) is 7.21. The number of benzene rings is 6. The molecule has 0 amide bonds. The second-order valence-corrected chi connectivity index (χ2v) is 11.4. The van der Waals surface area contributed by atoms with Crippen molar-refractivity contribution >= 4 is 59.9 Å². The van der Waals surface area contributed by atoms with E-state index >= 15 is 0 Å². The molecule has 0 aliphatic heterocycles. The van der Waals surface area contributed by atoms with E-state index < -0.39 is 0 Å². The molecule has 0 radical (unpaired) electrons. The van der Waals surface area contributed by atoms with Crippen molar-refractivity contribution in [1.29, 1.82) is 0 Å². The molecular formula is C40H24N4. The third-order valence-electron chi connectivity index (χ3n) is 9.03. The first kappa shape index (κ1) is 23.6. The Morgan fingerprint density at radius 2 is 1.07 bits per heavy atom. The van der Waals surface area contributed by atoms with Crippen LogP contribution in [-0.2, 0) is 0 Å². The molecule has 0 spiro atoms. The number of hydrogen-bond acceptors (Lipinski definition) is 2. The highest BCUT2D eigenvalue weighted by Gasteiger charge is 2.26. The summed E-state index contributed by atoms with van der Waals surface area (Å²) < 4.78 is 4.84. The van der Waals surface area contributed by atoms with E-state index in [9.17, 15) is 0 Å². The number of hydrogen-bond donors (Lipinski definition) is 0. The van der Waals surface area contributed by atoms with Crippen molar-refractivity contribution in [3.63, 3.8) is 0 Å². The van der Waals surface area contributed by atoms with Gasteiger partial charge in [-0.1, -0.05) is 121 Å². The molecule has 6 aromatic carbocycles. The third kappa shape index (κ3) is 3.11. The Kier molecular flexibility index (Phi) is 4.69. The summed E-state index contributed by atoms with van der Waals surface area (Å²) in [6, 6.07) is 51.5. The van der Waals surface area contributed by atoms with Gasteiger partial charge in [-0.3, -0.25) is 4.57 Å². The molecule has 0 N–H and O–H groups in total. The van der Waals surface area contributed by atoms with E-state index in [1.165, 1.54) is 54.4 Å². The summed E-state index contributed by atoms with van der Waals surface area (Å²) in [5.41, 5.74) is 8.93. The molecule has 0 bridgehead atoms. The van der Waals surface area contributed by atoms with Gasteiger partial charge in [0.25, 0.3) is 0 Å². The average molecular weight is 561 g/mol. The van der Waals surface area contributed by atoms with Crippen LogP contribution in [0.2, 0.25) is 0 Å². The molecule has 4 nitrogen and oxygen atoms in total. The molecule has 0 fully saturated rings. The minimum atomic E-state index is 0.709. The van der Waals surface area contributed by atoms with E-state index in [2.05, 4.69) is 130 Å². The molecule has 0 aliphatic carbocycles. The van der Waals surface area contributed by atoms with Crippen LogP contribution < -0.4 is 0 Å². The molecule has 4 heterocycles. The van der Waals surface area contributed by atoms with Gasteiger partial charge < -0.3 is 4.40 Å². The lowest BCUT2D eigenvalue weighted by Gasteiger charge is -2.12. The van der Waals surface area contributed by atoms with Crippen LogP contribution in [0.3, 0.4) is 0 Å². The number of nitrogens with zero attached hydrogens (tertiary/aromatic N) is 4. The SMILES string of the molecule is c1ccc(-c2cc(-n3c4ccccc4c4c3c3cc5ccccc5c5c6ccccc6n4c35)nc(-c3ccccc3)n2)cc1. The fourth-order valence-electron chi connectivity index (χ4n) is 7.21. The quantitative estimate of drug-likeness (QED) is 0.215. The molecule has 0 aliphatic rings. The molecule has 4 aromatic heterocycles. The number of aromatic nitrogens is 4. The zero-order chi connectivity index (χ0) is 28.8. The molecular weight excluding hydrogens is 536 g/mol. The van der Waals surface area contributed by atoms with Crippen LogP contribution in [0.1, 0.15) is 0 Å². The van der Waals surface area contributed by atoms with Gasteiger partial charge >= 0.3 is 0 Å². The Morgan fingerprint density at radius 3 is 1.86 bits per heavy atom. The van der Waals surface area contributed by atoms with Crippen molar-refractivity contribution in [2.75, 3.05) is 0 Å². The highest BCUT2D eigenvalue weighted by Crippen LogP contribution is 2.46. The van der Waals surface area contributed by atoms with Crippen LogP contribution in [0.4, 0.5) is 0 Å². The Balaban J connectivity index is 1.43. The zero-order valence-corrected chi connectivity index (χ0v) is 23.6. The summed E-state index contributed by atoms with van der Waals surface area (Å²) >= 11 is 0. The number of rotatable bonds is 3. The smallest absolute Gasteiger partial charge is 0.162 e. The first-order valence-corrected chi connectivity index (χ1v) is 14.9. The summed E-state index contributed by atoms with van der Waals surface area (Å²) in [4.78, 5) is 10.4. The van der Waals surface area contributed by atoms with Crippen LogP contribution >= 0.6 is 0 Å².